The van der Waals surface area contributed by atoms with Crippen molar-refractivity contribution in [2.24, 2.45) is 0 Å². The smallest absolute Gasteiger partial charge is 0.194 e. The zero-order valence-electron chi connectivity index (χ0n) is 9.60. The van der Waals surface area contributed by atoms with Crippen molar-refractivity contribution in [3.05, 3.63) is 68.2 Å². The lowest BCUT2D eigenvalue weighted by molar-refractivity contribution is 0.207. The van der Waals surface area contributed by atoms with Crippen molar-refractivity contribution < 1.29 is 22.7 Å². The molecule has 0 radical (unpaired) electrons. The first-order valence-corrected chi connectivity index (χ1v) is 6.46. The van der Waals surface area contributed by atoms with E-state index in [-0.39, 0.29) is 15.1 Å². The minimum absolute atomic E-state index is 0.0865. The number of benzene rings is 2. The van der Waals surface area contributed by atoms with E-state index in [2.05, 4.69) is 15.9 Å². The van der Waals surface area contributed by atoms with Crippen molar-refractivity contribution >= 4 is 27.5 Å². The van der Waals surface area contributed by atoms with Gasteiger partial charge in [-0.2, -0.15) is 0 Å². The summed E-state index contributed by atoms with van der Waals surface area (Å²) in [5.41, 5.74) is -0.927. The van der Waals surface area contributed by atoms with Crippen molar-refractivity contribution in [2.45, 2.75) is 6.10 Å². The van der Waals surface area contributed by atoms with Gasteiger partial charge in [0, 0.05) is 15.6 Å². The highest BCUT2D eigenvalue weighted by molar-refractivity contribution is 9.10. The molecule has 2 aromatic carbocycles. The SMILES string of the molecule is OC(c1cc(Cl)c(Br)cc1F)c1ccc(F)c(F)c1F. The molecule has 0 aliphatic heterocycles. The third kappa shape index (κ3) is 2.68. The van der Waals surface area contributed by atoms with Gasteiger partial charge in [-0.05, 0) is 34.1 Å². The van der Waals surface area contributed by atoms with E-state index in [9.17, 15) is 22.7 Å². The molecule has 7 heteroatoms. The Morgan fingerprint density at radius 1 is 0.950 bits per heavy atom. The molecule has 0 bridgehead atoms. The predicted molar refractivity (Wildman–Crippen MR) is 69.5 cm³/mol. The molecule has 0 aliphatic carbocycles. The molecule has 2 aromatic rings. The first-order valence-electron chi connectivity index (χ1n) is 5.28. The van der Waals surface area contributed by atoms with Crippen molar-refractivity contribution in [1.82, 2.24) is 0 Å². The third-order valence-electron chi connectivity index (χ3n) is 2.69. The first-order chi connectivity index (χ1) is 9.32. The molecule has 106 valence electrons. The van der Waals surface area contributed by atoms with Crippen LogP contribution in [0.2, 0.25) is 5.02 Å². The normalized spacial score (nSPS) is 12.6. The van der Waals surface area contributed by atoms with Crippen LogP contribution in [0.15, 0.2) is 28.7 Å². The Labute approximate surface area is 124 Å². The van der Waals surface area contributed by atoms with Crippen molar-refractivity contribution in [3.8, 4) is 0 Å². The van der Waals surface area contributed by atoms with Crippen LogP contribution < -0.4 is 0 Å². The molecule has 1 N–H and O–H groups in total. The topological polar surface area (TPSA) is 20.2 Å². The second-order valence-corrected chi connectivity index (χ2v) is 5.22. The molecule has 0 saturated heterocycles. The molecule has 0 spiro atoms. The van der Waals surface area contributed by atoms with E-state index >= 15 is 0 Å². The average Bonchev–Trinajstić information content (AvgIpc) is 2.40. The molecule has 1 nitrogen and oxygen atoms in total. The molecule has 2 rings (SSSR count). The molecule has 0 heterocycles. The maximum Gasteiger partial charge on any atom is 0.194 e. The molecule has 0 fully saturated rings. The van der Waals surface area contributed by atoms with Crippen LogP contribution in [0.5, 0.6) is 0 Å². The van der Waals surface area contributed by atoms with Gasteiger partial charge in [0.05, 0.1) is 5.02 Å². The predicted octanol–water partition coefficient (Wildman–Crippen LogP) is 4.74. The number of hydrogen-bond acceptors (Lipinski definition) is 1. The van der Waals surface area contributed by atoms with Crippen molar-refractivity contribution in [2.75, 3.05) is 0 Å². The van der Waals surface area contributed by atoms with E-state index in [1.807, 2.05) is 0 Å². The van der Waals surface area contributed by atoms with E-state index < -0.39 is 34.9 Å². The summed E-state index contributed by atoms with van der Waals surface area (Å²) in [5, 5.41) is 10.0. The summed E-state index contributed by atoms with van der Waals surface area (Å²) in [4.78, 5) is 0. The van der Waals surface area contributed by atoms with Gasteiger partial charge in [-0.25, -0.2) is 17.6 Å². The molecule has 1 atom stereocenters. The Bertz CT molecular complexity index is 676. The highest BCUT2D eigenvalue weighted by atomic mass is 79.9. The standard InChI is InChI=1S/C13H6BrClF4O/c14-7-4-10(17)6(3-8(7)15)13(20)5-1-2-9(16)12(19)11(5)18/h1-4,13,20H. The van der Waals surface area contributed by atoms with Crippen LogP contribution >= 0.6 is 27.5 Å². The second kappa shape index (κ2) is 5.71. The highest BCUT2D eigenvalue weighted by Crippen LogP contribution is 2.33. The Morgan fingerprint density at radius 2 is 1.60 bits per heavy atom. The summed E-state index contributed by atoms with van der Waals surface area (Å²) in [7, 11) is 0. The summed E-state index contributed by atoms with van der Waals surface area (Å²) in [6.45, 7) is 0. The van der Waals surface area contributed by atoms with E-state index in [0.717, 1.165) is 18.2 Å². The number of hydrogen-bond donors (Lipinski definition) is 1. The van der Waals surface area contributed by atoms with Gasteiger partial charge in [0.2, 0.25) is 0 Å². The lowest BCUT2D eigenvalue weighted by Gasteiger charge is -2.14. The molecule has 0 aromatic heterocycles. The number of aliphatic hydroxyl groups is 1. The fourth-order valence-corrected chi connectivity index (χ4v) is 2.15. The lowest BCUT2D eigenvalue weighted by Crippen LogP contribution is -2.07. The van der Waals surface area contributed by atoms with Gasteiger partial charge in [0.25, 0.3) is 0 Å². The molecular formula is C13H6BrClF4O. The van der Waals surface area contributed by atoms with Crippen LogP contribution in [0.3, 0.4) is 0 Å². The van der Waals surface area contributed by atoms with Crippen LogP contribution in [0, 0.1) is 23.3 Å². The molecule has 0 amide bonds. The molecule has 0 saturated carbocycles. The maximum absolute atomic E-state index is 13.7. The van der Waals surface area contributed by atoms with Gasteiger partial charge < -0.3 is 5.11 Å². The van der Waals surface area contributed by atoms with Gasteiger partial charge in [0.1, 0.15) is 11.9 Å². The van der Waals surface area contributed by atoms with E-state index in [1.54, 1.807) is 0 Å². The summed E-state index contributed by atoms with van der Waals surface area (Å²) in [6.07, 6.45) is -1.81. The number of rotatable bonds is 2. The van der Waals surface area contributed by atoms with Crippen LogP contribution in [0.1, 0.15) is 17.2 Å². The number of aliphatic hydroxyl groups excluding tert-OH is 1. The molecular weight excluding hydrogens is 363 g/mol. The van der Waals surface area contributed by atoms with Crippen LogP contribution in [-0.2, 0) is 0 Å². The summed E-state index contributed by atoms with van der Waals surface area (Å²) >= 11 is 8.75. The fraction of sp³-hybridized carbons (Fsp3) is 0.0769. The minimum Gasteiger partial charge on any atom is -0.383 e. The highest BCUT2D eigenvalue weighted by Gasteiger charge is 2.23. The van der Waals surface area contributed by atoms with E-state index in [1.165, 1.54) is 0 Å². The summed E-state index contributed by atoms with van der Waals surface area (Å²) in [5.74, 6) is -5.56. The zero-order chi connectivity index (χ0) is 15.0. The van der Waals surface area contributed by atoms with Crippen LogP contribution in [-0.4, -0.2) is 5.11 Å². The van der Waals surface area contributed by atoms with Gasteiger partial charge in [-0.1, -0.05) is 17.7 Å². The second-order valence-electron chi connectivity index (χ2n) is 3.95. The molecule has 1 unspecified atom stereocenters. The molecule has 20 heavy (non-hydrogen) atoms. The Morgan fingerprint density at radius 3 is 2.25 bits per heavy atom. The van der Waals surface area contributed by atoms with E-state index in [0.29, 0.717) is 6.07 Å². The minimum atomic E-state index is -1.81. The Hall–Kier alpha value is -1.11. The lowest BCUT2D eigenvalue weighted by atomic mass is 10.0. The third-order valence-corrected chi connectivity index (χ3v) is 3.89. The van der Waals surface area contributed by atoms with E-state index in [4.69, 9.17) is 11.6 Å². The maximum atomic E-state index is 13.7. The largest absolute Gasteiger partial charge is 0.383 e. The monoisotopic (exact) mass is 368 g/mol. The first kappa shape index (κ1) is 15.3. The van der Waals surface area contributed by atoms with Crippen LogP contribution in [0.4, 0.5) is 17.6 Å². The van der Waals surface area contributed by atoms with Crippen LogP contribution in [0.25, 0.3) is 0 Å². The van der Waals surface area contributed by atoms with Gasteiger partial charge in [-0.3, -0.25) is 0 Å². The van der Waals surface area contributed by atoms with Gasteiger partial charge in [-0.15, -0.1) is 0 Å². The van der Waals surface area contributed by atoms with Gasteiger partial charge in [0.15, 0.2) is 17.5 Å². The fourth-order valence-electron chi connectivity index (χ4n) is 1.67. The summed E-state index contributed by atoms with van der Waals surface area (Å²) in [6, 6.07) is 3.55. The number of halogens is 6. The molecule has 0 aliphatic rings. The zero-order valence-corrected chi connectivity index (χ0v) is 11.9. The Kier molecular flexibility index (Phi) is 4.36. The quantitative estimate of drug-likeness (QED) is 0.460. The average molecular weight is 370 g/mol. The Balaban J connectivity index is 2.55. The van der Waals surface area contributed by atoms with Gasteiger partial charge >= 0.3 is 0 Å². The summed E-state index contributed by atoms with van der Waals surface area (Å²) < 4.78 is 53.5. The van der Waals surface area contributed by atoms with Crippen molar-refractivity contribution in [3.63, 3.8) is 0 Å². The van der Waals surface area contributed by atoms with Crippen molar-refractivity contribution in [1.29, 1.82) is 0 Å².